The van der Waals surface area contributed by atoms with Crippen LogP contribution in [0.5, 0.6) is 0 Å². The van der Waals surface area contributed by atoms with Crippen molar-refractivity contribution in [2.24, 2.45) is 5.73 Å². The van der Waals surface area contributed by atoms with Gasteiger partial charge in [0.1, 0.15) is 12.0 Å². The van der Waals surface area contributed by atoms with Gasteiger partial charge in [-0.05, 0) is 13.0 Å². The van der Waals surface area contributed by atoms with Crippen molar-refractivity contribution in [3.05, 3.63) is 23.7 Å². The molecular formula is C10H16N2O3. The van der Waals surface area contributed by atoms with E-state index in [2.05, 4.69) is 5.32 Å². The Hall–Kier alpha value is -1.33. The highest BCUT2D eigenvalue weighted by atomic mass is 16.5. The van der Waals surface area contributed by atoms with E-state index < -0.39 is 0 Å². The van der Waals surface area contributed by atoms with Gasteiger partial charge in [-0.3, -0.25) is 4.79 Å². The minimum atomic E-state index is -0.168. The standard InChI is InChI=1S/C10H16N2O3/c1-2-14-4-3-12-10(13)8-5-9(6-11)15-7-8/h5,7H,2-4,6,11H2,1H3,(H,12,13). The fourth-order valence-electron chi connectivity index (χ4n) is 1.09. The maximum Gasteiger partial charge on any atom is 0.254 e. The molecule has 15 heavy (non-hydrogen) atoms. The van der Waals surface area contributed by atoms with Gasteiger partial charge < -0.3 is 20.2 Å². The molecule has 0 aliphatic heterocycles. The summed E-state index contributed by atoms with van der Waals surface area (Å²) in [6, 6.07) is 1.63. The van der Waals surface area contributed by atoms with E-state index in [0.29, 0.717) is 37.6 Å². The van der Waals surface area contributed by atoms with Crippen molar-refractivity contribution in [1.82, 2.24) is 5.32 Å². The predicted molar refractivity (Wildman–Crippen MR) is 55.4 cm³/mol. The summed E-state index contributed by atoms with van der Waals surface area (Å²) >= 11 is 0. The highest BCUT2D eigenvalue weighted by Crippen LogP contribution is 2.06. The Bertz CT molecular complexity index is 309. The number of rotatable bonds is 6. The van der Waals surface area contributed by atoms with Crippen molar-refractivity contribution in [3.63, 3.8) is 0 Å². The van der Waals surface area contributed by atoms with Crippen molar-refractivity contribution < 1.29 is 13.9 Å². The first kappa shape index (κ1) is 11.7. The molecular weight excluding hydrogens is 196 g/mol. The molecule has 1 aromatic rings. The zero-order chi connectivity index (χ0) is 11.1. The van der Waals surface area contributed by atoms with E-state index >= 15 is 0 Å². The van der Waals surface area contributed by atoms with E-state index in [4.69, 9.17) is 14.9 Å². The van der Waals surface area contributed by atoms with Gasteiger partial charge in [0.25, 0.3) is 5.91 Å². The van der Waals surface area contributed by atoms with E-state index in [1.165, 1.54) is 6.26 Å². The molecule has 0 saturated carbocycles. The molecule has 1 aromatic heterocycles. The number of hydrogen-bond donors (Lipinski definition) is 2. The first-order chi connectivity index (χ1) is 7.27. The van der Waals surface area contributed by atoms with Crippen LogP contribution in [0.25, 0.3) is 0 Å². The van der Waals surface area contributed by atoms with Gasteiger partial charge in [0.05, 0.1) is 18.7 Å². The lowest BCUT2D eigenvalue weighted by atomic mass is 10.3. The lowest BCUT2D eigenvalue weighted by molar-refractivity contribution is 0.0922. The molecule has 0 aromatic carbocycles. The topological polar surface area (TPSA) is 77.5 Å². The number of nitrogens with one attached hydrogen (secondary N) is 1. The van der Waals surface area contributed by atoms with Gasteiger partial charge in [0, 0.05) is 13.2 Å². The van der Waals surface area contributed by atoms with Crippen LogP contribution in [0.1, 0.15) is 23.0 Å². The SMILES string of the molecule is CCOCCNC(=O)c1coc(CN)c1. The largest absolute Gasteiger partial charge is 0.467 e. The van der Waals surface area contributed by atoms with Gasteiger partial charge in [-0.15, -0.1) is 0 Å². The van der Waals surface area contributed by atoms with E-state index in [-0.39, 0.29) is 5.91 Å². The van der Waals surface area contributed by atoms with Crippen LogP contribution in [0.4, 0.5) is 0 Å². The van der Waals surface area contributed by atoms with Crippen LogP contribution in [-0.4, -0.2) is 25.7 Å². The first-order valence-electron chi connectivity index (χ1n) is 4.91. The summed E-state index contributed by atoms with van der Waals surface area (Å²) in [5.74, 6) is 0.433. The third kappa shape index (κ3) is 3.73. The molecule has 0 bridgehead atoms. The second kappa shape index (κ2) is 6.21. The molecule has 5 heteroatoms. The van der Waals surface area contributed by atoms with E-state index in [0.717, 1.165) is 0 Å². The minimum Gasteiger partial charge on any atom is -0.467 e. The second-order valence-electron chi connectivity index (χ2n) is 2.96. The number of furan rings is 1. The number of hydrogen-bond acceptors (Lipinski definition) is 4. The Balaban J connectivity index is 2.33. The van der Waals surface area contributed by atoms with Crippen LogP contribution in [0.3, 0.4) is 0 Å². The normalized spacial score (nSPS) is 10.3. The molecule has 0 aliphatic carbocycles. The van der Waals surface area contributed by atoms with E-state index in [1.807, 2.05) is 6.92 Å². The summed E-state index contributed by atoms with van der Waals surface area (Å²) in [5, 5.41) is 2.71. The van der Waals surface area contributed by atoms with Crippen molar-refractivity contribution in [2.45, 2.75) is 13.5 Å². The highest BCUT2D eigenvalue weighted by molar-refractivity contribution is 5.93. The quantitative estimate of drug-likeness (QED) is 0.673. The molecule has 84 valence electrons. The van der Waals surface area contributed by atoms with Crippen molar-refractivity contribution >= 4 is 5.91 Å². The van der Waals surface area contributed by atoms with Gasteiger partial charge in [-0.2, -0.15) is 0 Å². The maximum atomic E-state index is 11.5. The minimum absolute atomic E-state index is 0.168. The molecule has 0 aliphatic rings. The van der Waals surface area contributed by atoms with Crippen LogP contribution < -0.4 is 11.1 Å². The van der Waals surface area contributed by atoms with Crippen LogP contribution in [0, 0.1) is 0 Å². The average Bonchev–Trinajstić information content (AvgIpc) is 2.72. The van der Waals surface area contributed by atoms with Crippen LogP contribution >= 0.6 is 0 Å². The van der Waals surface area contributed by atoms with Gasteiger partial charge in [-0.1, -0.05) is 0 Å². The monoisotopic (exact) mass is 212 g/mol. The zero-order valence-corrected chi connectivity index (χ0v) is 8.79. The fourth-order valence-corrected chi connectivity index (χ4v) is 1.09. The van der Waals surface area contributed by atoms with Gasteiger partial charge >= 0.3 is 0 Å². The van der Waals surface area contributed by atoms with Crippen LogP contribution in [0.15, 0.2) is 16.7 Å². The Morgan fingerprint density at radius 1 is 1.67 bits per heavy atom. The molecule has 1 heterocycles. The van der Waals surface area contributed by atoms with Crippen molar-refractivity contribution in [3.8, 4) is 0 Å². The summed E-state index contributed by atoms with van der Waals surface area (Å²) in [6.07, 6.45) is 1.40. The van der Waals surface area contributed by atoms with Crippen LogP contribution in [-0.2, 0) is 11.3 Å². The van der Waals surface area contributed by atoms with Gasteiger partial charge in [0.15, 0.2) is 0 Å². The Morgan fingerprint density at radius 2 is 2.47 bits per heavy atom. The summed E-state index contributed by atoms with van der Waals surface area (Å²) in [5.41, 5.74) is 5.85. The molecule has 3 N–H and O–H groups in total. The van der Waals surface area contributed by atoms with E-state index in [1.54, 1.807) is 6.07 Å². The number of carbonyl (C=O) groups is 1. The molecule has 0 unspecified atom stereocenters. The fraction of sp³-hybridized carbons (Fsp3) is 0.500. The highest BCUT2D eigenvalue weighted by Gasteiger charge is 2.08. The van der Waals surface area contributed by atoms with Crippen LogP contribution in [0.2, 0.25) is 0 Å². The predicted octanol–water partition coefficient (Wildman–Crippen LogP) is 0.505. The lowest BCUT2D eigenvalue weighted by Gasteiger charge is -2.02. The summed E-state index contributed by atoms with van der Waals surface area (Å²) in [7, 11) is 0. The Kier molecular flexibility index (Phi) is 4.86. The number of amides is 1. The first-order valence-corrected chi connectivity index (χ1v) is 4.91. The second-order valence-corrected chi connectivity index (χ2v) is 2.96. The summed E-state index contributed by atoms with van der Waals surface area (Å²) in [4.78, 5) is 11.5. The Morgan fingerprint density at radius 3 is 3.07 bits per heavy atom. The molecule has 0 radical (unpaired) electrons. The van der Waals surface area contributed by atoms with Crippen molar-refractivity contribution in [2.75, 3.05) is 19.8 Å². The molecule has 0 atom stereocenters. The number of carbonyl (C=O) groups excluding carboxylic acids is 1. The van der Waals surface area contributed by atoms with Gasteiger partial charge in [0.2, 0.25) is 0 Å². The van der Waals surface area contributed by atoms with Gasteiger partial charge in [-0.25, -0.2) is 0 Å². The molecule has 0 saturated heterocycles. The summed E-state index contributed by atoms with van der Waals surface area (Å²) in [6.45, 7) is 3.87. The lowest BCUT2D eigenvalue weighted by Crippen LogP contribution is -2.26. The van der Waals surface area contributed by atoms with Crippen molar-refractivity contribution in [1.29, 1.82) is 0 Å². The van der Waals surface area contributed by atoms with E-state index in [9.17, 15) is 4.79 Å². The zero-order valence-electron chi connectivity index (χ0n) is 8.79. The molecule has 1 amide bonds. The Labute approximate surface area is 88.6 Å². The molecule has 1 rings (SSSR count). The molecule has 5 nitrogen and oxygen atoms in total. The average molecular weight is 212 g/mol. The third-order valence-electron chi connectivity index (χ3n) is 1.85. The number of ether oxygens (including phenoxy) is 1. The molecule has 0 fully saturated rings. The third-order valence-corrected chi connectivity index (χ3v) is 1.85. The number of nitrogens with two attached hydrogens (primary N) is 1. The molecule has 0 spiro atoms. The maximum absolute atomic E-state index is 11.5. The summed E-state index contributed by atoms with van der Waals surface area (Å²) < 4.78 is 10.1. The smallest absolute Gasteiger partial charge is 0.254 e.